The molecule has 0 radical (unpaired) electrons. The normalized spacial score (nSPS) is 19.5. The topological polar surface area (TPSA) is 107 Å². The zero-order valence-electron chi connectivity index (χ0n) is 28.0. The van der Waals surface area contributed by atoms with Gasteiger partial charge in [0.15, 0.2) is 5.71 Å². The van der Waals surface area contributed by atoms with Gasteiger partial charge in [-0.1, -0.05) is 39.5 Å². The van der Waals surface area contributed by atoms with Crippen molar-refractivity contribution in [3.05, 3.63) is 93.4 Å². The van der Waals surface area contributed by atoms with Crippen LogP contribution in [0.5, 0.6) is 0 Å². The summed E-state index contributed by atoms with van der Waals surface area (Å²) in [6.45, 7) is 10.4. The van der Waals surface area contributed by atoms with Gasteiger partial charge < -0.3 is 19.8 Å². The van der Waals surface area contributed by atoms with Crippen molar-refractivity contribution in [3.8, 4) is 0 Å². The van der Waals surface area contributed by atoms with Crippen LogP contribution in [-0.2, 0) is 20.4 Å². The number of carbonyl (C=O) groups is 3. The Bertz CT molecular complexity index is 1750. The summed E-state index contributed by atoms with van der Waals surface area (Å²) >= 11 is 0. The van der Waals surface area contributed by atoms with Crippen molar-refractivity contribution in [1.82, 2.24) is 0 Å². The Morgan fingerprint density at radius 2 is 1.59 bits per heavy atom. The van der Waals surface area contributed by atoms with Crippen LogP contribution in [-0.4, -0.2) is 58.9 Å². The van der Waals surface area contributed by atoms with Crippen molar-refractivity contribution in [2.75, 3.05) is 25.6 Å². The van der Waals surface area contributed by atoms with Gasteiger partial charge in [-0.05, 0) is 75.6 Å². The molecule has 0 saturated heterocycles. The van der Waals surface area contributed by atoms with E-state index >= 15 is 0 Å². The van der Waals surface area contributed by atoms with Crippen LogP contribution in [0.15, 0.2) is 71.2 Å². The first-order chi connectivity index (χ1) is 21.8. The van der Waals surface area contributed by atoms with Crippen LogP contribution in [0.2, 0.25) is 0 Å². The highest BCUT2D eigenvalue weighted by atomic mass is 16.5. The number of rotatable bonds is 11. The smallest absolute Gasteiger partial charge is 0.338 e. The summed E-state index contributed by atoms with van der Waals surface area (Å²) in [4.78, 5) is 40.3. The van der Waals surface area contributed by atoms with Crippen molar-refractivity contribution in [2.45, 2.75) is 84.0 Å². The first kappa shape index (κ1) is 32.9. The summed E-state index contributed by atoms with van der Waals surface area (Å²) in [5.41, 5.74) is 5.70. The van der Waals surface area contributed by atoms with Crippen molar-refractivity contribution < 1.29 is 33.9 Å². The van der Waals surface area contributed by atoms with E-state index in [2.05, 4.69) is 18.7 Å². The molecule has 242 valence electrons. The third-order valence-corrected chi connectivity index (χ3v) is 9.99. The summed E-state index contributed by atoms with van der Waals surface area (Å²) in [5, 5.41) is 21.0. The summed E-state index contributed by atoms with van der Waals surface area (Å²) < 4.78 is 7.28. The summed E-state index contributed by atoms with van der Waals surface area (Å²) in [6.07, 6.45) is 9.20. The second-order valence-electron chi connectivity index (χ2n) is 13.1. The number of fused-ring (bicyclic) bond motifs is 2. The molecule has 0 aromatic heterocycles. The maximum absolute atomic E-state index is 13.8. The summed E-state index contributed by atoms with van der Waals surface area (Å²) in [6, 6.07) is 10.8. The van der Waals surface area contributed by atoms with Gasteiger partial charge in [0.2, 0.25) is 11.5 Å². The average molecular weight is 626 g/mol. The molecule has 46 heavy (non-hydrogen) atoms. The fourth-order valence-electron chi connectivity index (χ4n) is 7.39. The number of esters is 1. The Balaban J connectivity index is 1.60. The van der Waals surface area contributed by atoms with Crippen LogP contribution >= 0.6 is 0 Å². The van der Waals surface area contributed by atoms with E-state index in [1.54, 1.807) is 37.3 Å². The average Bonchev–Trinajstić information content (AvgIpc) is 3.38. The summed E-state index contributed by atoms with van der Waals surface area (Å²) in [5.74, 6) is -1.63. The lowest BCUT2D eigenvalue weighted by atomic mass is 9.70. The van der Waals surface area contributed by atoms with Crippen LogP contribution in [0.3, 0.4) is 0 Å². The highest BCUT2D eigenvalue weighted by molar-refractivity contribution is 6.24. The number of allylic oxidation sites excluding steroid dienone is 5. The minimum Gasteiger partial charge on any atom is -0.506 e. The highest BCUT2D eigenvalue weighted by Gasteiger charge is 2.48. The molecule has 2 N–H and O–H groups in total. The van der Waals surface area contributed by atoms with Gasteiger partial charge in [0.25, 0.3) is 0 Å². The van der Waals surface area contributed by atoms with Gasteiger partial charge in [0, 0.05) is 41.6 Å². The van der Waals surface area contributed by atoms with E-state index in [4.69, 9.17) is 4.74 Å². The minimum absolute atomic E-state index is 0.0483. The van der Waals surface area contributed by atoms with Crippen LogP contribution in [0.25, 0.3) is 0 Å². The second-order valence-corrected chi connectivity index (χ2v) is 13.1. The Labute approximate surface area is 271 Å². The fourth-order valence-corrected chi connectivity index (χ4v) is 7.39. The van der Waals surface area contributed by atoms with Gasteiger partial charge in [0.05, 0.1) is 34.3 Å². The van der Waals surface area contributed by atoms with Crippen LogP contribution in [0, 0.1) is 0 Å². The van der Waals surface area contributed by atoms with E-state index in [0.717, 1.165) is 72.4 Å². The van der Waals surface area contributed by atoms with Crippen LogP contribution in [0.4, 0.5) is 11.4 Å². The SMILES string of the molecule is CCCCC1(CCCC)C(=CC2=C(O)C(=CC3=[N+](C)c4ccc(C(=O)O)cc4C3(C)C)C2=O)N(C)c2ccc(C(=O)OCC)cc21. The van der Waals surface area contributed by atoms with Crippen molar-refractivity contribution in [3.63, 3.8) is 0 Å². The number of ketones is 1. The van der Waals surface area contributed by atoms with Gasteiger partial charge in [-0.25, -0.2) is 9.59 Å². The number of aliphatic hydroxyl groups is 1. The molecule has 2 aliphatic heterocycles. The van der Waals surface area contributed by atoms with Gasteiger partial charge in [-0.2, -0.15) is 4.58 Å². The summed E-state index contributed by atoms with van der Waals surface area (Å²) in [7, 11) is 3.87. The van der Waals surface area contributed by atoms with Crippen molar-refractivity contribution in [1.29, 1.82) is 0 Å². The Morgan fingerprint density at radius 1 is 0.957 bits per heavy atom. The molecule has 0 saturated carbocycles. The lowest BCUT2D eigenvalue weighted by Crippen LogP contribution is -2.33. The maximum atomic E-state index is 13.8. The Kier molecular flexibility index (Phi) is 8.86. The lowest BCUT2D eigenvalue weighted by Gasteiger charge is -2.34. The first-order valence-electron chi connectivity index (χ1n) is 16.3. The molecule has 5 rings (SSSR count). The van der Waals surface area contributed by atoms with E-state index in [-0.39, 0.29) is 34.2 Å². The number of aromatic carboxylic acids is 1. The zero-order valence-corrected chi connectivity index (χ0v) is 28.0. The van der Waals surface area contributed by atoms with Gasteiger partial charge in [-0.15, -0.1) is 0 Å². The number of carboxylic acids is 1. The van der Waals surface area contributed by atoms with E-state index < -0.39 is 16.8 Å². The molecule has 0 bridgehead atoms. The number of nitrogens with zero attached hydrogens (tertiary/aromatic N) is 2. The molecule has 0 atom stereocenters. The second kappa shape index (κ2) is 12.4. The number of hydrogen-bond donors (Lipinski definition) is 2. The molecular formula is C38H45N2O6+. The number of carboxylic acid groups (broad SMARTS) is 1. The van der Waals surface area contributed by atoms with E-state index in [1.807, 2.05) is 50.7 Å². The molecular weight excluding hydrogens is 580 g/mol. The quantitative estimate of drug-likeness (QED) is 0.151. The molecule has 3 aliphatic rings. The third-order valence-electron chi connectivity index (χ3n) is 9.99. The van der Waals surface area contributed by atoms with E-state index in [1.165, 1.54) is 0 Å². The zero-order chi connectivity index (χ0) is 33.6. The van der Waals surface area contributed by atoms with Crippen LogP contribution in [0.1, 0.15) is 105 Å². The molecule has 0 amide bonds. The third kappa shape index (κ3) is 5.17. The molecule has 8 nitrogen and oxygen atoms in total. The number of benzene rings is 2. The molecule has 0 spiro atoms. The minimum atomic E-state index is -0.995. The molecule has 1 aliphatic carbocycles. The molecule has 2 aromatic carbocycles. The Hall–Kier alpha value is -4.46. The fraction of sp³-hybridized carbons (Fsp3) is 0.421. The molecule has 0 unspecified atom stereocenters. The molecule has 2 aromatic rings. The highest BCUT2D eigenvalue weighted by Crippen LogP contribution is 2.54. The van der Waals surface area contributed by atoms with Crippen molar-refractivity contribution in [2.24, 2.45) is 0 Å². The van der Waals surface area contributed by atoms with E-state index in [0.29, 0.717) is 12.2 Å². The monoisotopic (exact) mass is 625 g/mol. The van der Waals surface area contributed by atoms with Gasteiger partial charge >= 0.3 is 11.9 Å². The molecule has 8 heteroatoms. The van der Waals surface area contributed by atoms with Crippen molar-refractivity contribution >= 4 is 34.8 Å². The molecule has 2 heterocycles. The number of carbonyl (C=O) groups excluding carboxylic acids is 2. The number of hydrogen-bond acceptors (Lipinski definition) is 6. The largest absolute Gasteiger partial charge is 0.506 e. The predicted octanol–water partition coefficient (Wildman–Crippen LogP) is 7.54. The number of anilines is 1. The predicted molar refractivity (Wildman–Crippen MR) is 180 cm³/mol. The molecule has 0 fully saturated rings. The number of unbranched alkanes of at least 4 members (excludes halogenated alkanes) is 2. The van der Waals surface area contributed by atoms with Gasteiger partial charge in [0.1, 0.15) is 12.8 Å². The lowest BCUT2D eigenvalue weighted by molar-refractivity contribution is -0.401. The van der Waals surface area contributed by atoms with Crippen LogP contribution < -0.4 is 4.90 Å². The number of likely N-dealkylation sites (N-methyl/N-ethyl adjacent to an activating group) is 1. The standard InChI is InChI=1S/C38H44N2O6/c1-8-11-17-38(18-12-9-2)28-20-24(36(45)46-10-3)14-16-30(28)40(7)32(38)22-26-33(41)25(34(26)42)21-31-37(4,5)27-19-23(35(43)44)13-15-29(27)39(31)6/h13-16,19-22H,8-12,17-18H2,1-7H3,(H-,41,42,43,44)/p+1. The maximum Gasteiger partial charge on any atom is 0.338 e. The number of aliphatic hydroxyl groups excluding tert-OH is 1. The number of Topliss-reactive ketones (excluding diaryl/α,β-unsaturated/α-hetero) is 1. The number of ether oxygens (including phenoxy) is 1. The Morgan fingerprint density at radius 3 is 2.17 bits per heavy atom. The first-order valence-corrected chi connectivity index (χ1v) is 16.3. The van der Waals surface area contributed by atoms with Gasteiger partial charge in [-0.3, -0.25) is 4.79 Å². The van der Waals surface area contributed by atoms with E-state index in [9.17, 15) is 24.6 Å².